The van der Waals surface area contributed by atoms with E-state index in [1.165, 1.54) is 80.0 Å². The van der Waals surface area contributed by atoms with Crippen LogP contribution in [0.15, 0.2) is 85.1 Å². The summed E-state index contributed by atoms with van der Waals surface area (Å²) in [7, 11) is 1.21. The predicted octanol–water partition coefficient (Wildman–Crippen LogP) is 6.05. The smallest absolute Gasteiger partial charge is 0.417 e. The molecule has 0 atom stereocenters. The van der Waals surface area contributed by atoms with Crippen molar-refractivity contribution in [3.63, 3.8) is 0 Å². The van der Waals surface area contributed by atoms with Gasteiger partial charge in [0.1, 0.15) is 17.2 Å². The van der Waals surface area contributed by atoms with Gasteiger partial charge in [-0.2, -0.15) is 13.2 Å². The summed E-state index contributed by atoms with van der Waals surface area (Å²) >= 11 is 5.60. The van der Waals surface area contributed by atoms with E-state index in [2.05, 4.69) is 31.2 Å². The van der Waals surface area contributed by atoms with Crippen molar-refractivity contribution in [2.24, 2.45) is 0 Å². The van der Waals surface area contributed by atoms with Crippen molar-refractivity contribution in [1.82, 2.24) is 15.8 Å². The fraction of sp³-hybridized carbons (Fsp3) is 0.0690. The minimum atomic E-state index is -4.68. The van der Waals surface area contributed by atoms with Crippen LogP contribution in [0.5, 0.6) is 11.5 Å². The maximum absolute atomic E-state index is 13.1. The summed E-state index contributed by atoms with van der Waals surface area (Å²) in [5, 5.41) is 4.30. The lowest BCUT2D eigenvalue weighted by Gasteiger charge is -2.13. The second-order valence-electron chi connectivity index (χ2n) is 8.76. The predicted molar refractivity (Wildman–Crippen MR) is 153 cm³/mol. The number of hydrogen-bond donors (Lipinski definition) is 4. The molecule has 0 spiro atoms. The first-order chi connectivity index (χ1) is 20.9. The van der Waals surface area contributed by atoms with E-state index in [1.54, 1.807) is 0 Å². The Morgan fingerprint density at radius 3 is 2.14 bits per heavy atom. The number of halogens is 4. The van der Waals surface area contributed by atoms with Crippen molar-refractivity contribution in [1.29, 1.82) is 0 Å². The number of hydrogen-bond acceptors (Lipinski definition) is 7. The lowest BCUT2D eigenvalue weighted by Crippen LogP contribution is -2.42. The summed E-state index contributed by atoms with van der Waals surface area (Å²) < 4.78 is 49.5. The highest BCUT2D eigenvalue weighted by molar-refractivity contribution is 6.31. The fourth-order valence-electron chi connectivity index (χ4n) is 3.61. The van der Waals surface area contributed by atoms with E-state index in [4.69, 9.17) is 16.3 Å². The van der Waals surface area contributed by atoms with Crippen LogP contribution in [0.25, 0.3) is 0 Å². The van der Waals surface area contributed by atoms with Crippen LogP contribution in [0.4, 0.5) is 29.3 Å². The topological polar surface area (TPSA) is 148 Å². The molecule has 3 aromatic carbocycles. The van der Waals surface area contributed by atoms with Crippen molar-refractivity contribution >= 4 is 46.8 Å². The molecule has 11 nitrogen and oxygen atoms in total. The fourth-order valence-corrected chi connectivity index (χ4v) is 3.83. The molecular weight excluding hydrogens is 607 g/mol. The molecule has 0 unspecified atom stereocenters. The number of alkyl halides is 3. The number of ether oxygens (including phenoxy) is 2. The number of methoxy groups -OCH3 is 1. The van der Waals surface area contributed by atoms with Crippen LogP contribution in [0.3, 0.4) is 0 Å². The first-order valence-electron chi connectivity index (χ1n) is 12.4. The summed E-state index contributed by atoms with van der Waals surface area (Å²) in [5.41, 5.74) is 3.76. The van der Waals surface area contributed by atoms with Gasteiger partial charge in [-0.3, -0.25) is 25.4 Å². The van der Waals surface area contributed by atoms with Crippen molar-refractivity contribution in [2.75, 3.05) is 17.7 Å². The summed E-state index contributed by atoms with van der Waals surface area (Å²) in [6.07, 6.45) is -3.37. The Morgan fingerprint density at radius 1 is 0.773 bits per heavy atom. The van der Waals surface area contributed by atoms with E-state index >= 15 is 0 Å². The largest absolute Gasteiger partial charge is 0.465 e. The molecule has 0 fully saturated rings. The van der Waals surface area contributed by atoms with Gasteiger partial charge in [0.2, 0.25) is 0 Å². The number of urea groups is 1. The molecular formula is C29H21ClF3N5O6. The van der Waals surface area contributed by atoms with E-state index in [0.717, 1.165) is 12.1 Å². The zero-order chi connectivity index (χ0) is 31.9. The molecule has 0 aliphatic rings. The van der Waals surface area contributed by atoms with E-state index < -0.39 is 40.6 Å². The Kier molecular flexibility index (Phi) is 9.65. The Hall–Kier alpha value is -5.63. The number of amides is 4. The second kappa shape index (κ2) is 13.6. The molecule has 44 heavy (non-hydrogen) atoms. The lowest BCUT2D eigenvalue weighted by molar-refractivity contribution is -0.137. The molecule has 0 saturated heterocycles. The summed E-state index contributed by atoms with van der Waals surface area (Å²) in [4.78, 5) is 52.8. The van der Waals surface area contributed by atoms with Crippen molar-refractivity contribution in [2.45, 2.75) is 6.18 Å². The molecule has 0 bridgehead atoms. The highest BCUT2D eigenvalue weighted by atomic mass is 35.5. The van der Waals surface area contributed by atoms with Gasteiger partial charge in [0.15, 0.2) is 0 Å². The first-order valence-corrected chi connectivity index (χ1v) is 12.8. The third-order valence-electron chi connectivity index (χ3n) is 5.68. The molecule has 4 amide bonds. The highest BCUT2D eigenvalue weighted by Crippen LogP contribution is 2.36. The van der Waals surface area contributed by atoms with Gasteiger partial charge in [-0.1, -0.05) is 17.7 Å². The number of esters is 1. The van der Waals surface area contributed by atoms with E-state index in [9.17, 15) is 32.3 Å². The molecule has 226 valence electrons. The zero-order valence-electron chi connectivity index (χ0n) is 22.5. The maximum atomic E-state index is 13.1. The molecule has 0 aliphatic heterocycles. The zero-order valence-corrected chi connectivity index (χ0v) is 23.2. The molecule has 4 aromatic rings. The summed E-state index contributed by atoms with van der Waals surface area (Å²) in [6, 6.07) is 16.7. The Balaban J connectivity index is 1.31. The Morgan fingerprint density at radius 2 is 1.43 bits per heavy atom. The quantitative estimate of drug-likeness (QED) is 0.144. The number of aromatic nitrogens is 1. The average Bonchev–Trinajstić information content (AvgIpc) is 3.00. The number of hydrazine groups is 1. The third kappa shape index (κ3) is 8.23. The number of carbonyl (C=O) groups is 4. The third-order valence-corrected chi connectivity index (χ3v) is 6.01. The molecule has 0 radical (unpaired) electrons. The van der Waals surface area contributed by atoms with Gasteiger partial charge in [0.05, 0.1) is 23.3 Å². The molecule has 1 aromatic heterocycles. The monoisotopic (exact) mass is 627 g/mol. The van der Waals surface area contributed by atoms with E-state index in [0.29, 0.717) is 11.4 Å². The van der Waals surface area contributed by atoms with Gasteiger partial charge in [-0.15, -0.1) is 0 Å². The molecule has 4 rings (SSSR count). The van der Waals surface area contributed by atoms with Crippen LogP contribution < -0.4 is 26.2 Å². The molecule has 0 aliphatic carbocycles. The van der Waals surface area contributed by atoms with Gasteiger partial charge < -0.3 is 20.1 Å². The number of nitrogens with zero attached hydrogens (tertiary/aromatic N) is 1. The number of nitrogens with one attached hydrogen (secondary N) is 4. The highest BCUT2D eigenvalue weighted by Gasteiger charge is 2.33. The van der Waals surface area contributed by atoms with Crippen LogP contribution in [0.1, 0.15) is 36.8 Å². The number of carbonyl (C=O) groups excluding carboxylic acids is 4. The normalized spacial score (nSPS) is 10.8. The maximum Gasteiger partial charge on any atom is 0.417 e. The van der Waals surface area contributed by atoms with Crippen molar-refractivity contribution in [3.05, 3.63) is 112 Å². The van der Waals surface area contributed by atoms with Crippen LogP contribution in [0, 0.1) is 0 Å². The lowest BCUT2D eigenvalue weighted by atomic mass is 10.1. The Labute approximate surface area is 252 Å². The van der Waals surface area contributed by atoms with Crippen LogP contribution in [-0.4, -0.2) is 35.9 Å². The molecule has 1 heterocycles. The number of anilines is 2. The van der Waals surface area contributed by atoms with Gasteiger partial charge in [-0.25, -0.2) is 9.59 Å². The number of rotatable bonds is 7. The molecule has 15 heteroatoms. The van der Waals surface area contributed by atoms with Crippen LogP contribution >= 0.6 is 11.6 Å². The first kappa shape index (κ1) is 31.3. The molecule has 4 N–H and O–H groups in total. The standard InChI is InChI=1S/C29H21ClF3N5O6/c1-43-27(41)17-4-2-3-16(13-17)25(39)37-38-26(40)24-15-21(11-12-34-24)44-20-8-5-18(6-9-20)35-28(42)36-19-7-10-23(30)22(14-19)29(31,32)33/h2-15H,1H3,(H,37,39)(H,38,40)(H2,35,36,42). The van der Waals surface area contributed by atoms with Crippen LogP contribution in [-0.2, 0) is 10.9 Å². The van der Waals surface area contributed by atoms with Gasteiger partial charge in [-0.05, 0) is 66.7 Å². The second-order valence-corrected chi connectivity index (χ2v) is 9.16. The average molecular weight is 628 g/mol. The van der Waals surface area contributed by atoms with Crippen molar-refractivity contribution in [3.8, 4) is 11.5 Å². The number of pyridine rings is 1. The van der Waals surface area contributed by atoms with E-state index in [-0.39, 0.29) is 28.3 Å². The SMILES string of the molecule is COC(=O)c1cccc(C(=O)NNC(=O)c2cc(Oc3ccc(NC(=O)Nc4ccc(Cl)c(C(F)(F)F)c4)cc3)ccn2)c1. The molecule has 0 saturated carbocycles. The van der Waals surface area contributed by atoms with Crippen LogP contribution in [0.2, 0.25) is 5.02 Å². The van der Waals surface area contributed by atoms with Gasteiger partial charge in [0.25, 0.3) is 11.8 Å². The summed E-state index contributed by atoms with van der Waals surface area (Å²) in [6.45, 7) is 0. The minimum Gasteiger partial charge on any atom is -0.465 e. The van der Waals surface area contributed by atoms with Crippen molar-refractivity contribution < 1.29 is 41.8 Å². The minimum absolute atomic E-state index is 0.0862. The summed E-state index contributed by atoms with van der Waals surface area (Å²) in [5.74, 6) is -1.51. The number of benzene rings is 3. The van der Waals surface area contributed by atoms with Gasteiger partial charge in [0, 0.05) is 29.2 Å². The van der Waals surface area contributed by atoms with E-state index in [1.807, 2.05) is 0 Å². The Bertz CT molecular complexity index is 1720. The van der Waals surface area contributed by atoms with Gasteiger partial charge >= 0.3 is 18.2 Å².